The van der Waals surface area contributed by atoms with Gasteiger partial charge in [-0.3, -0.25) is 4.79 Å². The molecule has 5 nitrogen and oxygen atoms in total. The Hall–Kier alpha value is -3.06. The van der Waals surface area contributed by atoms with Crippen molar-refractivity contribution in [2.24, 2.45) is 0 Å². The Balaban J connectivity index is 1.54. The third-order valence-corrected chi connectivity index (χ3v) is 5.89. The molecular weight excluding hydrogens is 398 g/mol. The van der Waals surface area contributed by atoms with Gasteiger partial charge in [0.25, 0.3) is 0 Å². The lowest BCUT2D eigenvalue weighted by atomic mass is 10.1. The van der Waals surface area contributed by atoms with Gasteiger partial charge in [-0.15, -0.1) is 0 Å². The monoisotopic (exact) mass is 419 g/mol. The standard InChI is InChI=1S/C24H21NO4S/c1-28-14-13-17-11-12-19-16-22(29-21(19)15-17)24(26)25-30(27)23-10-6-5-9-20(23)18-7-3-2-4-8-18/h2-12,15-16H,13-14H2,1H3,(H,25,26). The van der Waals surface area contributed by atoms with Gasteiger partial charge >= 0.3 is 5.91 Å². The highest BCUT2D eigenvalue weighted by Crippen LogP contribution is 2.27. The zero-order valence-corrected chi connectivity index (χ0v) is 17.3. The van der Waals surface area contributed by atoms with Gasteiger partial charge in [0, 0.05) is 18.1 Å². The van der Waals surface area contributed by atoms with Crippen LogP contribution in [-0.4, -0.2) is 24.2 Å². The first kappa shape index (κ1) is 20.2. The average Bonchev–Trinajstić information content (AvgIpc) is 3.22. The minimum absolute atomic E-state index is 0.124. The molecule has 0 aliphatic heterocycles. The van der Waals surface area contributed by atoms with E-state index < -0.39 is 17.3 Å². The fourth-order valence-corrected chi connectivity index (χ4v) is 4.20. The lowest BCUT2D eigenvalue weighted by molar-refractivity contribution is 0.0956. The van der Waals surface area contributed by atoms with E-state index in [2.05, 4.69) is 4.72 Å². The number of nitrogens with one attached hydrogen (secondary N) is 1. The maximum absolute atomic E-state index is 12.9. The molecule has 0 radical (unpaired) electrons. The average molecular weight is 420 g/mol. The van der Waals surface area contributed by atoms with Crippen LogP contribution in [0.1, 0.15) is 16.1 Å². The summed E-state index contributed by atoms with van der Waals surface area (Å²) in [7, 11) is 1.66. The first-order chi connectivity index (χ1) is 14.7. The van der Waals surface area contributed by atoms with Gasteiger partial charge < -0.3 is 13.7 Å². The van der Waals surface area contributed by atoms with Crippen LogP contribution in [0.3, 0.4) is 0 Å². The van der Waals surface area contributed by atoms with Crippen LogP contribution >= 0.6 is 0 Å². The third kappa shape index (κ3) is 4.41. The van der Waals surface area contributed by atoms with Crippen LogP contribution in [0.15, 0.2) is 88.2 Å². The smallest absolute Gasteiger partial charge is 0.328 e. The Kier molecular flexibility index (Phi) is 6.18. The molecule has 1 amide bonds. The predicted molar refractivity (Wildman–Crippen MR) is 118 cm³/mol. The Morgan fingerprint density at radius 3 is 2.60 bits per heavy atom. The molecule has 152 valence electrons. The van der Waals surface area contributed by atoms with Crippen molar-refractivity contribution in [3.63, 3.8) is 0 Å². The summed E-state index contributed by atoms with van der Waals surface area (Å²) < 4.78 is 26.3. The third-order valence-electron chi connectivity index (χ3n) is 4.76. The summed E-state index contributed by atoms with van der Waals surface area (Å²) in [5, 5.41) is 0.816. The molecule has 1 atom stereocenters. The molecule has 0 saturated carbocycles. The van der Waals surface area contributed by atoms with E-state index in [0.717, 1.165) is 28.5 Å². The number of furan rings is 1. The van der Waals surface area contributed by atoms with E-state index in [1.165, 1.54) is 0 Å². The van der Waals surface area contributed by atoms with Crippen molar-refractivity contribution in [2.45, 2.75) is 11.3 Å². The normalized spacial score (nSPS) is 12.1. The van der Waals surface area contributed by atoms with Crippen LogP contribution < -0.4 is 4.72 Å². The van der Waals surface area contributed by atoms with Crippen molar-refractivity contribution >= 4 is 28.2 Å². The van der Waals surface area contributed by atoms with E-state index >= 15 is 0 Å². The topological polar surface area (TPSA) is 74.5 Å². The number of carbonyl (C=O) groups excluding carboxylic acids is 1. The maximum Gasteiger partial charge on any atom is 0.328 e. The predicted octanol–water partition coefficient (Wildman–Crippen LogP) is 4.74. The Labute approximate surface area is 178 Å². The fraction of sp³-hybridized carbons (Fsp3) is 0.125. The van der Waals surface area contributed by atoms with Crippen LogP contribution in [0.4, 0.5) is 0 Å². The van der Waals surface area contributed by atoms with Crippen LogP contribution in [0.5, 0.6) is 0 Å². The highest BCUT2D eigenvalue weighted by Gasteiger charge is 2.23. The van der Waals surface area contributed by atoms with Crippen molar-refractivity contribution in [1.82, 2.24) is 4.72 Å². The summed E-state index contributed by atoms with van der Waals surface area (Å²) in [6.45, 7) is 0.610. The summed E-state index contributed by atoms with van der Waals surface area (Å²) in [6.07, 6.45) is 0.759. The minimum atomic E-state index is -1.73. The van der Waals surface area contributed by atoms with Gasteiger partial charge in [-0.1, -0.05) is 54.6 Å². The second kappa shape index (κ2) is 9.17. The van der Waals surface area contributed by atoms with Gasteiger partial charge in [0.05, 0.1) is 6.61 Å². The second-order valence-electron chi connectivity index (χ2n) is 6.79. The Morgan fingerprint density at radius 1 is 1.03 bits per heavy atom. The minimum Gasteiger partial charge on any atom is -0.588 e. The number of amides is 1. The quantitative estimate of drug-likeness (QED) is 0.439. The summed E-state index contributed by atoms with van der Waals surface area (Å²) in [5.41, 5.74) is 3.42. The first-order valence-electron chi connectivity index (χ1n) is 9.54. The molecule has 0 bridgehead atoms. The summed E-state index contributed by atoms with van der Waals surface area (Å²) in [5.74, 6) is -0.398. The Bertz CT molecular complexity index is 1160. The van der Waals surface area contributed by atoms with Gasteiger partial charge in [-0.2, -0.15) is 4.72 Å². The van der Waals surface area contributed by atoms with Gasteiger partial charge in [-0.25, -0.2) is 0 Å². The molecule has 0 spiro atoms. The van der Waals surface area contributed by atoms with Crippen molar-refractivity contribution in [1.29, 1.82) is 0 Å². The van der Waals surface area contributed by atoms with E-state index in [-0.39, 0.29) is 5.76 Å². The molecule has 0 saturated heterocycles. The molecule has 1 N–H and O–H groups in total. The molecule has 1 aromatic heterocycles. The van der Waals surface area contributed by atoms with Gasteiger partial charge in [0.2, 0.25) is 0 Å². The SMILES string of the molecule is COCCc1ccc2cc(C(=O)N[S+]([O-])c3ccccc3-c3ccccc3)oc2c1. The summed E-state index contributed by atoms with van der Waals surface area (Å²) in [6, 6.07) is 24.4. The van der Waals surface area contributed by atoms with Gasteiger partial charge in [0.1, 0.15) is 16.9 Å². The highest BCUT2D eigenvalue weighted by molar-refractivity contribution is 7.90. The van der Waals surface area contributed by atoms with Crippen LogP contribution in [0.2, 0.25) is 0 Å². The number of benzene rings is 3. The molecule has 0 aliphatic carbocycles. The summed E-state index contributed by atoms with van der Waals surface area (Å²) in [4.78, 5) is 13.2. The largest absolute Gasteiger partial charge is 0.588 e. The van der Waals surface area contributed by atoms with E-state index in [4.69, 9.17) is 9.15 Å². The van der Waals surface area contributed by atoms with Crippen molar-refractivity contribution in [3.8, 4) is 11.1 Å². The molecule has 0 aliphatic rings. The van der Waals surface area contributed by atoms with Gasteiger partial charge in [-0.05, 0) is 41.8 Å². The second-order valence-corrected chi connectivity index (χ2v) is 7.97. The number of hydrogen-bond donors (Lipinski definition) is 1. The molecule has 30 heavy (non-hydrogen) atoms. The van der Waals surface area contributed by atoms with Crippen LogP contribution in [0.25, 0.3) is 22.1 Å². The number of rotatable bonds is 7. The van der Waals surface area contributed by atoms with Crippen molar-refractivity contribution in [2.75, 3.05) is 13.7 Å². The van der Waals surface area contributed by atoms with E-state index in [1.807, 2.05) is 60.7 Å². The molecular formula is C24H21NO4S. The molecule has 1 heterocycles. The van der Waals surface area contributed by atoms with E-state index in [1.54, 1.807) is 25.3 Å². The molecule has 3 aromatic carbocycles. The lowest BCUT2D eigenvalue weighted by Gasteiger charge is -2.13. The van der Waals surface area contributed by atoms with E-state index in [9.17, 15) is 9.35 Å². The zero-order valence-electron chi connectivity index (χ0n) is 16.5. The zero-order chi connectivity index (χ0) is 20.9. The van der Waals surface area contributed by atoms with Gasteiger partial charge in [0.15, 0.2) is 10.7 Å². The van der Waals surface area contributed by atoms with Crippen LogP contribution in [0, 0.1) is 0 Å². The number of methoxy groups -OCH3 is 1. The molecule has 4 aromatic rings. The molecule has 0 fully saturated rings. The highest BCUT2D eigenvalue weighted by atomic mass is 32.2. The number of ether oxygens (including phenoxy) is 1. The number of fused-ring (bicyclic) bond motifs is 1. The fourth-order valence-electron chi connectivity index (χ4n) is 3.24. The Morgan fingerprint density at radius 2 is 1.80 bits per heavy atom. The lowest BCUT2D eigenvalue weighted by Crippen LogP contribution is -2.30. The molecule has 4 rings (SSSR count). The summed E-state index contributed by atoms with van der Waals surface area (Å²) >= 11 is -1.73. The van der Waals surface area contributed by atoms with Crippen molar-refractivity contribution < 1.29 is 18.5 Å². The van der Waals surface area contributed by atoms with E-state index in [0.29, 0.717) is 17.1 Å². The molecule has 6 heteroatoms. The number of carbonyl (C=O) groups is 1. The first-order valence-corrected chi connectivity index (χ1v) is 10.7. The molecule has 1 unspecified atom stereocenters. The van der Waals surface area contributed by atoms with Crippen molar-refractivity contribution in [3.05, 3.63) is 90.2 Å². The maximum atomic E-state index is 12.9. The number of hydrogen-bond acceptors (Lipinski definition) is 4. The van der Waals surface area contributed by atoms with Crippen LogP contribution in [-0.2, 0) is 22.5 Å².